The molecule has 100 valence electrons. The van der Waals surface area contributed by atoms with Gasteiger partial charge < -0.3 is 11.1 Å². The fourth-order valence-corrected chi connectivity index (χ4v) is 3.59. The molecule has 0 saturated heterocycles. The molecule has 0 radical (unpaired) electrons. The first-order valence-electron chi connectivity index (χ1n) is 5.73. The monoisotopic (exact) mass is 355 g/mol. The zero-order chi connectivity index (χ0) is 14.0. The lowest BCUT2D eigenvalue weighted by atomic mass is 10.1. The fourth-order valence-electron chi connectivity index (χ4n) is 1.91. The predicted molar refractivity (Wildman–Crippen MR) is 88.9 cm³/mol. The number of nitrogens with two attached hydrogens (primary N) is 1. The first-order valence-corrected chi connectivity index (χ1v) is 7.75. The molecule has 3 nitrogen and oxygen atoms in total. The Kier molecular flexibility index (Phi) is 4.54. The van der Waals surface area contributed by atoms with Crippen molar-refractivity contribution in [3.63, 3.8) is 0 Å². The molecule has 0 fully saturated rings. The Bertz CT molecular complexity index is 622. The summed E-state index contributed by atoms with van der Waals surface area (Å²) >= 11 is 10.3. The maximum Gasteiger partial charge on any atom is 0.107 e. The van der Waals surface area contributed by atoms with Gasteiger partial charge in [0.2, 0.25) is 0 Å². The quantitative estimate of drug-likeness (QED) is 0.819. The second-order valence-electron chi connectivity index (χ2n) is 4.20. The normalized spacial score (nSPS) is 10.5. The number of hydrogen-bond acceptors (Lipinski definition) is 4. The molecule has 2 aromatic rings. The van der Waals surface area contributed by atoms with Crippen molar-refractivity contribution in [1.82, 2.24) is 4.98 Å². The maximum absolute atomic E-state index is 5.79. The molecule has 2 aromatic heterocycles. The smallest absolute Gasteiger partial charge is 0.107 e. The van der Waals surface area contributed by atoms with Crippen LogP contribution < -0.4 is 11.1 Å². The number of halogens is 1. The summed E-state index contributed by atoms with van der Waals surface area (Å²) in [5.74, 6) is 0. The molecule has 0 aromatic carbocycles. The average Bonchev–Trinajstić information content (AvgIpc) is 2.71. The number of anilines is 1. The summed E-state index contributed by atoms with van der Waals surface area (Å²) in [4.78, 5) is 6.02. The van der Waals surface area contributed by atoms with Crippen molar-refractivity contribution in [2.24, 2.45) is 5.73 Å². The summed E-state index contributed by atoms with van der Waals surface area (Å²) < 4.78 is 1.13. The van der Waals surface area contributed by atoms with Crippen LogP contribution in [-0.4, -0.2) is 9.97 Å². The van der Waals surface area contributed by atoms with Crippen LogP contribution in [0.4, 0.5) is 5.69 Å². The molecule has 6 heteroatoms. The highest BCUT2D eigenvalue weighted by Gasteiger charge is 2.11. The van der Waals surface area contributed by atoms with Crippen LogP contribution in [-0.2, 0) is 6.54 Å². The van der Waals surface area contributed by atoms with E-state index >= 15 is 0 Å². The number of hydrogen-bond donors (Lipinski definition) is 2. The van der Waals surface area contributed by atoms with E-state index in [0.717, 1.165) is 33.0 Å². The third-order valence-corrected chi connectivity index (χ3v) is 4.48. The van der Waals surface area contributed by atoms with Gasteiger partial charge >= 0.3 is 0 Å². The van der Waals surface area contributed by atoms with Crippen LogP contribution in [0.3, 0.4) is 0 Å². The average molecular weight is 356 g/mol. The molecule has 0 unspecified atom stereocenters. The fraction of sp³-hybridized carbons (Fsp3) is 0.231. The molecule has 0 spiro atoms. The van der Waals surface area contributed by atoms with Crippen molar-refractivity contribution in [1.29, 1.82) is 0 Å². The molecule has 0 saturated carbocycles. The molecule has 3 N–H and O–H groups in total. The molecular formula is C13H14BrN3S2. The summed E-state index contributed by atoms with van der Waals surface area (Å²) in [6.07, 6.45) is 0. The van der Waals surface area contributed by atoms with Gasteiger partial charge in [-0.25, -0.2) is 0 Å². The molecule has 0 aliphatic heterocycles. The van der Waals surface area contributed by atoms with Crippen molar-refractivity contribution >= 4 is 50.2 Å². The Hall–Kier alpha value is -0.980. The number of aryl methyl sites for hydroxylation is 2. The summed E-state index contributed by atoms with van der Waals surface area (Å²) in [6, 6.07) is 6.10. The van der Waals surface area contributed by atoms with Gasteiger partial charge in [0, 0.05) is 28.5 Å². The van der Waals surface area contributed by atoms with Crippen molar-refractivity contribution in [3.8, 4) is 0 Å². The van der Waals surface area contributed by atoms with E-state index in [4.69, 9.17) is 18.0 Å². The summed E-state index contributed by atoms with van der Waals surface area (Å²) in [6.45, 7) is 4.63. The van der Waals surface area contributed by atoms with Crippen LogP contribution in [0, 0.1) is 13.8 Å². The first kappa shape index (κ1) is 14.4. The van der Waals surface area contributed by atoms with Gasteiger partial charge in [-0.1, -0.05) is 12.2 Å². The van der Waals surface area contributed by atoms with E-state index in [0.29, 0.717) is 4.99 Å². The Morgan fingerprint density at radius 2 is 2.21 bits per heavy atom. The minimum absolute atomic E-state index is 0.375. The van der Waals surface area contributed by atoms with E-state index in [1.54, 1.807) is 11.3 Å². The second-order valence-corrected chi connectivity index (χ2v) is 7.18. The lowest BCUT2D eigenvalue weighted by Gasteiger charge is -2.13. The SMILES string of the molecule is Cc1cc(NCc2ccc(Br)s2)c(C(N)=S)c(C)n1. The molecule has 0 aliphatic carbocycles. The zero-order valence-electron chi connectivity index (χ0n) is 10.7. The molecule has 19 heavy (non-hydrogen) atoms. The largest absolute Gasteiger partial charge is 0.389 e. The van der Waals surface area contributed by atoms with Crippen LogP contribution >= 0.6 is 39.5 Å². The highest BCUT2D eigenvalue weighted by molar-refractivity contribution is 9.11. The van der Waals surface area contributed by atoms with Crippen LogP contribution in [0.1, 0.15) is 21.8 Å². The van der Waals surface area contributed by atoms with E-state index < -0.39 is 0 Å². The van der Waals surface area contributed by atoms with Crippen LogP contribution in [0.5, 0.6) is 0 Å². The van der Waals surface area contributed by atoms with E-state index in [9.17, 15) is 0 Å². The van der Waals surface area contributed by atoms with E-state index in [1.165, 1.54) is 4.88 Å². The van der Waals surface area contributed by atoms with Gasteiger partial charge in [0.1, 0.15) is 4.99 Å². The minimum atomic E-state index is 0.375. The molecule has 0 amide bonds. The number of nitrogens with one attached hydrogen (secondary N) is 1. The lowest BCUT2D eigenvalue weighted by Crippen LogP contribution is -2.16. The van der Waals surface area contributed by atoms with Gasteiger partial charge in [0.25, 0.3) is 0 Å². The van der Waals surface area contributed by atoms with E-state index in [2.05, 4.69) is 32.3 Å². The molecule has 2 rings (SSSR count). The van der Waals surface area contributed by atoms with Crippen molar-refractivity contribution in [3.05, 3.63) is 43.8 Å². The number of pyridine rings is 1. The topological polar surface area (TPSA) is 50.9 Å². The Morgan fingerprint density at radius 1 is 1.47 bits per heavy atom. The third kappa shape index (κ3) is 3.52. The number of thiophene rings is 1. The highest BCUT2D eigenvalue weighted by Crippen LogP contribution is 2.25. The molecule has 2 heterocycles. The second kappa shape index (κ2) is 5.98. The molecule has 0 aliphatic rings. The molecule has 0 bridgehead atoms. The van der Waals surface area contributed by atoms with Gasteiger partial charge in [0.15, 0.2) is 0 Å². The number of thiocarbonyl (C=S) groups is 1. The zero-order valence-corrected chi connectivity index (χ0v) is 13.9. The summed E-state index contributed by atoms with van der Waals surface area (Å²) in [5, 5.41) is 3.39. The van der Waals surface area contributed by atoms with Gasteiger partial charge in [-0.2, -0.15) is 0 Å². The van der Waals surface area contributed by atoms with Gasteiger partial charge in [0.05, 0.1) is 9.35 Å². The summed E-state index contributed by atoms with van der Waals surface area (Å²) in [7, 11) is 0. The van der Waals surface area contributed by atoms with Crippen LogP contribution in [0.15, 0.2) is 22.0 Å². The molecular weight excluding hydrogens is 342 g/mol. The molecule has 0 atom stereocenters. The van der Waals surface area contributed by atoms with Crippen molar-refractivity contribution < 1.29 is 0 Å². The van der Waals surface area contributed by atoms with E-state index in [-0.39, 0.29) is 0 Å². The number of nitrogens with zero attached hydrogens (tertiary/aromatic N) is 1. The predicted octanol–water partition coefficient (Wildman–Crippen LogP) is 3.77. The van der Waals surface area contributed by atoms with Crippen LogP contribution in [0.2, 0.25) is 0 Å². The number of rotatable bonds is 4. The Labute approximate surface area is 130 Å². The Balaban J connectivity index is 2.26. The lowest BCUT2D eigenvalue weighted by molar-refractivity contribution is 1.09. The van der Waals surface area contributed by atoms with Gasteiger partial charge in [-0.3, -0.25) is 4.98 Å². The maximum atomic E-state index is 5.79. The highest BCUT2D eigenvalue weighted by atomic mass is 79.9. The van der Waals surface area contributed by atoms with Crippen LogP contribution in [0.25, 0.3) is 0 Å². The minimum Gasteiger partial charge on any atom is -0.389 e. The first-order chi connectivity index (χ1) is 8.97. The van der Waals surface area contributed by atoms with E-state index in [1.807, 2.05) is 26.0 Å². The number of aromatic nitrogens is 1. The van der Waals surface area contributed by atoms with Gasteiger partial charge in [-0.05, 0) is 48.0 Å². The standard InChI is InChI=1S/C13H14BrN3S2/c1-7-5-10(12(13(15)18)8(2)17-7)16-6-9-3-4-11(14)19-9/h3-5H,6H2,1-2H3,(H2,15,18)(H,16,17). The third-order valence-electron chi connectivity index (χ3n) is 2.66. The Morgan fingerprint density at radius 3 is 2.79 bits per heavy atom. The van der Waals surface area contributed by atoms with Crippen molar-refractivity contribution in [2.75, 3.05) is 5.32 Å². The van der Waals surface area contributed by atoms with Gasteiger partial charge in [-0.15, -0.1) is 11.3 Å². The summed E-state index contributed by atoms with van der Waals surface area (Å²) in [5.41, 5.74) is 9.38. The van der Waals surface area contributed by atoms with Crippen molar-refractivity contribution in [2.45, 2.75) is 20.4 Å².